The maximum absolute atomic E-state index is 12.3. The van der Waals surface area contributed by atoms with Gasteiger partial charge in [-0.3, -0.25) is 9.20 Å². The number of aryl methyl sites for hydroxylation is 2. The predicted octanol–water partition coefficient (Wildman–Crippen LogP) is 3.95. The van der Waals surface area contributed by atoms with E-state index in [4.69, 9.17) is 9.47 Å². The number of esters is 1. The summed E-state index contributed by atoms with van der Waals surface area (Å²) in [5.41, 5.74) is 4.03. The minimum absolute atomic E-state index is 0.0858. The molecule has 0 fully saturated rings. The van der Waals surface area contributed by atoms with Crippen LogP contribution in [0.15, 0.2) is 47.4 Å². The summed E-state index contributed by atoms with van der Waals surface area (Å²) in [5, 5.41) is 0. The normalized spacial score (nSPS) is 12.2. The molecule has 2 aromatic heterocycles. The van der Waals surface area contributed by atoms with E-state index in [0.29, 0.717) is 23.0 Å². The fraction of sp³-hybridized carbons (Fsp3) is 0.348. The van der Waals surface area contributed by atoms with Crippen molar-refractivity contribution in [2.24, 2.45) is 0 Å². The number of carbonyl (C=O) groups is 1. The zero-order valence-corrected chi connectivity index (χ0v) is 17.4. The second kappa shape index (κ2) is 8.47. The highest BCUT2D eigenvalue weighted by molar-refractivity contribution is 5.74. The van der Waals surface area contributed by atoms with Crippen LogP contribution in [0.2, 0.25) is 0 Å². The molecule has 0 amide bonds. The van der Waals surface area contributed by atoms with Crippen molar-refractivity contribution < 1.29 is 14.3 Å². The molecule has 0 bridgehead atoms. The van der Waals surface area contributed by atoms with E-state index in [0.717, 1.165) is 11.1 Å². The molecule has 3 aromatic rings. The molecule has 1 atom stereocenters. The minimum Gasteiger partial charge on any atom is -0.479 e. The monoisotopic (exact) mass is 394 g/mol. The third-order valence-corrected chi connectivity index (χ3v) is 4.73. The van der Waals surface area contributed by atoms with Crippen LogP contribution < -0.4 is 10.3 Å². The van der Waals surface area contributed by atoms with E-state index in [1.807, 2.05) is 38.1 Å². The molecule has 2 heterocycles. The van der Waals surface area contributed by atoms with Crippen molar-refractivity contribution in [1.29, 1.82) is 0 Å². The Hall–Kier alpha value is -3.15. The van der Waals surface area contributed by atoms with Crippen LogP contribution >= 0.6 is 0 Å². The lowest BCUT2D eigenvalue weighted by Crippen LogP contribution is -2.26. The van der Waals surface area contributed by atoms with E-state index in [2.05, 4.69) is 18.8 Å². The van der Waals surface area contributed by atoms with Crippen LogP contribution in [0.3, 0.4) is 0 Å². The lowest BCUT2D eigenvalue weighted by atomic mass is 9.98. The molecule has 152 valence electrons. The van der Waals surface area contributed by atoms with Crippen LogP contribution in [0, 0.1) is 13.8 Å². The fourth-order valence-electron chi connectivity index (χ4n) is 3.22. The number of hydrogen-bond acceptors (Lipinski definition) is 5. The summed E-state index contributed by atoms with van der Waals surface area (Å²) in [6, 6.07) is 10.8. The van der Waals surface area contributed by atoms with Crippen LogP contribution in [0.25, 0.3) is 5.65 Å². The van der Waals surface area contributed by atoms with Gasteiger partial charge in [-0.15, -0.1) is 0 Å². The number of hydrogen-bond donors (Lipinski definition) is 0. The third-order valence-electron chi connectivity index (χ3n) is 4.73. The van der Waals surface area contributed by atoms with Gasteiger partial charge in [-0.1, -0.05) is 26.0 Å². The number of rotatable bonds is 6. The van der Waals surface area contributed by atoms with E-state index in [1.165, 1.54) is 16.0 Å². The zero-order valence-electron chi connectivity index (χ0n) is 17.4. The SMILES string of the molecule is Cc1ccc2nc(COC(=O)[C@@H](C)Oc3ccc(C(C)C)c(C)c3)cc(=O)n2c1. The van der Waals surface area contributed by atoms with Crippen LogP contribution in [0.1, 0.15) is 49.1 Å². The third kappa shape index (κ3) is 4.83. The van der Waals surface area contributed by atoms with Gasteiger partial charge in [0.2, 0.25) is 0 Å². The summed E-state index contributed by atoms with van der Waals surface area (Å²) in [4.78, 5) is 28.9. The van der Waals surface area contributed by atoms with E-state index in [1.54, 1.807) is 19.2 Å². The van der Waals surface area contributed by atoms with Crippen LogP contribution in [0.4, 0.5) is 0 Å². The van der Waals surface area contributed by atoms with Crippen LogP contribution in [-0.4, -0.2) is 21.5 Å². The van der Waals surface area contributed by atoms with E-state index < -0.39 is 12.1 Å². The van der Waals surface area contributed by atoms with Crippen molar-refractivity contribution in [2.75, 3.05) is 0 Å². The molecule has 3 rings (SSSR count). The number of nitrogens with zero attached hydrogens (tertiary/aromatic N) is 2. The highest BCUT2D eigenvalue weighted by atomic mass is 16.6. The second-order valence-corrected chi connectivity index (χ2v) is 7.56. The van der Waals surface area contributed by atoms with Gasteiger partial charge in [0.1, 0.15) is 18.0 Å². The Morgan fingerprint density at radius 3 is 2.55 bits per heavy atom. The molecule has 0 aliphatic rings. The maximum Gasteiger partial charge on any atom is 0.347 e. The molecule has 6 heteroatoms. The molecule has 0 N–H and O–H groups in total. The highest BCUT2D eigenvalue weighted by Gasteiger charge is 2.18. The van der Waals surface area contributed by atoms with Crippen molar-refractivity contribution >= 4 is 11.6 Å². The van der Waals surface area contributed by atoms with Gasteiger partial charge >= 0.3 is 5.97 Å². The Morgan fingerprint density at radius 1 is 1.10 bits per heavy atom. The number of carbonyl (C=O) groups excluding carboxylic acids is 1. The molecule has 0 aliphatic carbocycles. The van der Waals surface area contributed by atoms with Gasteiger partial charge in [0, 0.05) is 12.3 Å². The zero-order chi connectivity index (χ0) is 21.1. The van der Waals surface area contributed by atoms with Crippen LogP contribution in [0.5, 0.6) is 5.75 Å². The largest absolute Gasteiger partial charge is 0.479 e. The molecule has 1 aromatic carbocycles. The Kier molecular flexibility index (Phi) is 6.01. The van der Waals surface area contributed by atoms with Gasteiger partial charge < -0.3 is 9.47 Å². The van der Waals surface area contributed by atoms with Gasteiger partial charge in [0.25, 0.3) is 5.56 Å². The number of aromatic nitrogens is 2. The average Bonchev–Trinajstić information content (AvgIpc) is 2.66. The molecule has 0 spiro atoms. The number of fused-ring (bicyclic) bond motifs is 1. The van der Waals surface area contributed by atoms with Crippen molar-refractivity contribution in [3.8, 4) is 5.75 Å². The molecule has 0 saturated carbocycles. The first kappa shape index (κ1) is 20.6. The Morgan fingerprint density at radius 2 is 1.86 bits per heavy atom. The maximum atomic E-state index is 12.3. The first-order valence-electron chi connectivity index (χ1n) is 9.67. The molecule has 0 unspecified atom stereocenters. The summed E-state index contributed by atoms with van der Waals surface area (Å²) in [6.45, 7) is 9.75. The molecular weight excluding hydrogens is 368 g/mol. The molecule has 29 heavy (non-hydrogen) atoms. The predicted molar refractivity (Wildman–Crippen MR) is 111 cm³/mol. The first-order chi connectivity index (χ1) is 13.7. The van der Waals surface area contributed by atoms with Crippen molar-refractivity contribution in [2.45, 2.75) is 53.2 Å². The van der Waals surface area contributed by atoms with Crippen molar-refractivity contribution in [3.05, 3.63) is 75.3 Å². The Labute approximate surface area is 170 Å². The summed E-state index contributed by atoms with van der Waals surface area (Å²) in [6.07, 6.45) is 0.951. The van der Waals surface area contributed by atoms with Gasteiger partial charge in [-0.05, 0) is 61.6 Å². The first-order valence-corrected chi connectivity index (χ1v) is 9.67. The Bertz CT molecular complexity index is 1100. The number of ether oxygens (including phenoxy) is 2. The standard InChI is InChI=1S/C23H26N2O4/c1-14(2)20-8-7-19(10-16(20)4)29-17(5)23(27)28-13-18-11-22(26)25-12-15(3)6-9-21(25)24-18/h6-12,14,17H,13H2,1-5H3/t17-/m1/s1. The average molecular weight is 394 g/mol. The quantitative estimate of drug-likeness (QED) is 0.592. The molecule has 0 radical (unpaired) electrons. The smallest absolute Gasteiger partial charge is 0.347 e. The molecular formula is C23H26N2O4. The summed E-state index contributed by atoms with van der Waals surface area (Å²) in [5.74, 6) is 0.532. The molecule has 6 nitrogen and oxygen atoms in total. The lowest BCUT2D eigenvalue weighted by Gasteiger charge is -2.16. The Balaban J connectivity index is 1.64. The number of benzene rings is 1. The van der Waals surface area contributed by atoms with Gasteiger partial charge in [0.05, 0.1) is 5.69 Å². The fourth-order valence-corrected chi connectivity index (χ4v) is 3.22. The van der Waals surface area contributed by atoms with Crippen molar-refractivity contribution in [1.82, 2.24) is 9.38 Å². The summed E-state index contributed by atoms with van der Waals surface area (Å²) >= 11 is 0. The van der Waals surface area contributed by atoms with Gasteiger partial charge in [0.15, 0.2) is 6.10 Å². The van der Waals surface area contributed by atoms with Gasteiger partial charge in [-0.2, -0.15) is 0 Å². The van der Waals surface area contributed by atoms with Crippen LogP contribution in [-0.2, 0) is 16.1 Å². The second-order valence-electron chi connectivity index (χ2n) is 7.56. The van der Waals surface area contributed by atoms with E-state index in [-0.39, 0.29) is 12.2 Å². The highest BCUT2D eigenvalue weighted by Crippen LogP contribution is 2.24. The van der Waals surface area contributed by atoms with E-state index >= 15 is 0 Å². The summed E-state index contributed by atoms with van der Waals surface area (Å²) < 4.78 is 12.5. The van der Waals surface area contributed by atoms with Gasteiger partial charge in [-0.25, -0.2) is 9.78 Å². The van der Waals surface area contributed by atoms with E-state index in [9.17, 15) is 9.59 Å². The minimum atomic E-state index is -0.775. The number of pyridine rings is 1. The molecule has 0 saturated heterocycles. The van der Waals surface area contributed by atoms with Crippen molar-refractivity contribution in [3.63, 3.8) is 0 Å². The summed E-state index contributed by atoms with van der Waals surface area (Å²) in [7, 11) is 0. The molecule has 0 aliphatic heterocycles. The topological polar surface area (TPSA) is 69.9 Å². The lowest BCUT2D eigenvalue weighted by molar-refractivity contribution is -0.152.